The Bertz CT molecular complexity index is 1380. The summed E-state index contributed by atoms with van der Waals surface area (Å²) < 4.78 is 7.12. The Morgan fingerprint density at radius 1 is 0.829 bits per heavy atom. The molecule has 35 heavy (non-hydrogen) atoms. The fourth-order valence-corrected chi connectivity index (χ4v) is 5.83. The van der Waals surface area contributed by atoms with Crippen molar-refractivity contribution >= 4 is 39.3 Å². The fraction of sp³-hybridized carbons (Fsp3) is 0.214. The number of ether oxygens (including phenoxy) is 1. The highest BCUT2D eigenvalue weighted by Crippen LogP contribution is 2.57. The second kappa shape index (κ2) is 7.80. The summed E-state index contributed by atoms with van der Waals surface area (Å²) in [6, 6.07) is 21.2. The number of ketones is 2. The van der Waals surface area contributed by atoms with Crippen LogP contribution in [0.1, 0.15) is 43.5 Å². The van der Waals surface area contributed by atoms with Crippen molar-refractivity contribution in [1.29, 1.82) is 0 Å². The van der Waals surface area contributed by atoms with E-state index < -0.39 is 46.9 Å². The minimum atomic E-state index is -2.04. The summed E-state index contributed by atoms with van der Waals surface area (Å²) in [4.78, 5) is 56.2. The number of Topliss-reactive ketones (excluding diaryl/α,β-unsaturated/α-hetero) is 2. The molecule has 174 valence electrons. The number of rotatable bonds is 3. The summed E-state index contributed by atoms with van der Waals surface area (Å²) in [6.45, 7) is 2.03. The molecule has 0 radical (unpaired) electrons. The van der Waals surface area contributed by atoms with Gasteiger partial charge in [0, 0.05) is 15.6 Å². The normalized spacial score (nSPS) is 24.4. The third-order valence-electron chi connectivity index (χ3n) is 7.27. The standard InChI is InChI=1S/C28H20BrNO5/c1-15-6-8-16(9-7-15)14-30-26(33)21-22(27(30)34)28(35-23(21)17-10-12-18(29)13-11-17)24(31)19-4-2-3-5-20(19)25(28)32/h2-13,21-23H,14H2,1H3. The predicted octanol–water partition coefficient (Wildman–Crippen LogP) is 4.45. The van der Waals surface area contributed by atoms with Gasteiger partial charge in [-0.05, 0) is 30.2 Å². The molecule has 0 N–H and O–H groups in total. The minimum absolute atomic E-state index is 0.0728. The van der Waals surface area contributed by atoms with Crippen molar-refractivity contribution in [3.63, 3.8) is 0 Å². The van der Waals surface area contributed by atoms with Crippen LogP contribution in [0.5, 0.6) is 0 Å². The Kier molecular flexibility index (Phi) is 4.92. The van der Waals surface area contributed by atoms with Crippen LogP contribution in [0, 0.1) is 18.8 Å². The minimum Gasteiger partial charge on any atom is -0.349 e. The molecule has 7 heteroatoms. The number of imide groups is 1. The molecule has 2 amide bonds. The van der Waals surface area contributed by atoms with Gasteiger partial charge in [0.15, 0.2) is 0 Å². The average Bonchev–Trinajstić information content (AvgIpc) is 3.42. The lowest BCUT2D eigenvalue weighted by Crippen LogP contribution is -2.50. The van der Waals surface area contributed by atoms with Gasteiger partial charge in [0.05, 0.1) is 24.5 Å². The highest BCUT2D eigenvalue weighted by molar-refractivity contribution is 9.10. The number of aryl methyl sites for hydroxylation is 1. The Labute approximate surface area is 210 Å². The molecule has 6 nitrogen and oxygen atoms in total. The number of hydrogen-bond donors (Lipinski definition) is 0. The van der Waals surface area contributed by atoms with E-state index in [1.807, 2.05) is 31.2 Å². The number of nitrogens with zero attached hydrogens (tertiary/aromatic N) is 1. The molecule has 0 bridgehead atoms. The predicted molar refractivity (Wildman–Crippen MR) is 130 cm³/mol. The van der Waals surface area contributed by atoms with Crippen LogP contribution >= 0.6 is 15.9 Å². The van der Waals surface area contributed by atoms with Gasteiger partial charge in [0.25, 0.3) is 0 Å². The van der Waals surface area contributed by atoms with Gasteiger partial charge in [-0.3, -0.25) is 24.1 Å². The monoisotopic (exact) mass is 529 g/mol. The molecule has 3 aliphatic rings. The van der Waals surface area contributed by atoms with Crippen LogP contribution in [0.4, 0.5) is 0 Å². The van der Waals surface area contributed by atoms with Gasteiger partial charge in [-0.1, -0.05) is 82.2 Å². The van der Waals surface area contributed by atoms with Crippen molar-refractivity contribution in [1.82, 2.24) is 4.90 Å². The lowest BCUT2D eigenvalue weighted by Gasteiger charge is -2.27. The molecule has 2 fully saturated rings. The van der Waals surface area contributed by atoms with Gasteiger partial charge < -0.3 is 4.74 Å². The van der Waals surface area contributed by atoms with E-state index in [1.54, 1.807) is 48.5 Å². The summed E-state index contributed by atoms with van der Waals surface area (Å²) in [5, 5.41) is 0. The van der Waals surface area contributed by atoms with Crippen LogP contribution in [0.15, 0.2) is 77.3 Å². The van der Waals surface area contributed by atoms with Gasteiger partial charge in [-0.15, -0.1) is 0 Å². The number of hydrogen-bond acceptors (Lipinski definition) is 5. The van der Waals surface area contributed by atoms with Crippen molar-refractivity contribution in [2.75, 3.05) is 0 Å². The van der Waals surface area contributed by atoms with E-state index in [0.29, 0.717) is 5.56 Å². The molecule has 3 atom stereocenters. The summed E-state index contributed by atoms with van der Waals surface area (Å²) in [5.41, 5.74) is 0.901. The molecule has 3 unspecified atom stereocenters. The number of fused-ring (bicyclic) bond motifs is 3. The molecule has 0 aromatic heterocycles. The number of carbonyl (C=O) groups excluding carboxylic acids is 4. The maximum atomic E-state index is 13.8. The van der Waals surface area contributed by atoms with Crippen molar-refractivity contribution in [2.45, 2.75) is 25.2 Å². The zero-order valence-corrected chi connectivity index (χ0v) is 20.3. The molecule has 2 saturated heterocycles. The molecule has 1 aliphatic carbocycles. The zero-order chi connectivity index (χ0) is 24.5. The van der Waals surface area contributed by atoms with Crippen LogP contribution in [0.3, 0.4) is 0 Å². The Balaban J connectivity index is 1.48. The lowest BCUT2D eigenvalue weighted by molar-refractivity contribution is -0.145. The zero-order valence-electron chi connectivity index (χ0n) is 18.7. The summed E-state index contributed by atoms with van der Waals surface area (Å²) >= 11 is 3.40. The van der Waals surface area contributed by atoms with E-state index in [4.69, 9.17) is 4.74 Å². The van der Waals surface area contributed by atoms with Crippen LogP contribution in [0.25, 0.3) is 0 Å². The van der Waals surface area contributed by atoms with E-state index in [-0.39, 0.29) is 17.7 Å². The first kappa shape index (κ1) is 22.1. The van der Waals surface area contributed by atoms with E-state index in [1.165, 1.54) is 4.90 Å². The second-order valence-electron chi connectivity index (χ2n) is 9.28. The van der Waals surface area contributed by atoms with E-state index >= 15 is 0 Å². The molecule has 3 aromatic carbocycles. The van der Waals surface area contributed by atoms with Gasteiger partial charge >= 0.3 is 0 Å². The van der Waals surface area contributed by atoms with Gasteiger partial charge in [0.1, 0.15) is 0 Å². The van der Waals surface area contributed by atoms with Crippen LogP contribution < -0.4 is 0 Å². The third kappa shape index (κ3) is 3.04. The summed E-state index contributed by atoms with van der Waals surface area (Å²) in [6.07, 6.45) is -0.908. The number of halogens is 1. The number of amides is 2. The Morgan fingerprint density at radius 2 is 1.43 bits per heavy atom. The van der Waals surface area contributed by atoms with Crippen molar-refractivity contribution in [3.8, 4) is 0 Å². The first-order valence-corrected chi connectivity index (χ1v) is 12.1. The van der Waals surface area contributed by atoms with Gasteiger partial charge in [0.2, 0.25) is 29.0 Å². The molecule has 6 rings (SSSR count). The molecule has 0 saturated carbocycles. The fourth-order valence-electron chi connectivity index (χ4n) is 5.56. The summed E-state index contributed by atoms with van der Waals surface area (Å²) in [7, 11) is 0. The lowest BCUT2D eigenvalue weighted by atomic mass is 9.77. The first-order chi connectivity index (χ1) is 16.8. The molecule has 1 spiro atoms. The smallest absolute Gasteiger partial charge is 0.237 e. The molecule has 2 aliphatic heterocycles. The largest absolute Gasteiger partial charge is 0.349 e. The maximum absolute atomic E-state index is 13.8. The number of benzene rings is 3. The van der Waals surface area contributed by atoms with Crippen LogP contribution in [-0.2, 0) is 20.9 Å². The van der Waals surface area contributed by atoms with Crippen molar-refractivity contribution in [2.24, 2.45) is 11.8 Å². The van der Waals surface area contributed by atoms with E-state index in [9.17, 15) is 19.2 Å². The maximum Gasteiger partial charge on any atom is 0.237 e. The quantitative estimate of drug-likeness (QED) is 0.370. The van der Waals surface area contributed by atoms with Crippen molar-refractivity contribution < 1.29 is 23.9 Å². The highest BCUT2D eigenvalue weighted by Gasteiger charge is 2.74. The third-order valence-corrected chi connectivity index (χ3v) is 7.80. The highest BCUT2D eigenvalue weighted by atomic mass is 79.9. The molecular weight excluding hydrogens is 510 g/mol. The molecule has 2 heterocycles. The van der Waals surface area contributed by atoms with Crippen LogP contribution in [0.2, 0.25) is 0 Å². The number of carbonyl (C=O) groups is 4. The SMILES string of the molecule is Cc1ccc(CN2C(=O)C3C(c4ccc(Br)cc4)OC4(C(=O)c5ccccc5C4=O)C3C2=O)cc1. The van der Waals surface area contributed by atoms with E-state index in [0.717, 1.165) is 15.6 Å². The molecule has 3 aromatic rings. The first-order valence-electron chi connectivity index (χ1n) is 11.4. The second-order valence-corrected chi connectivity index (χ2v) is 10.2. The van der Waals surface area contributed by atoms with Crippen LogP contribution in [-0.4, -0.2) is 33.9 Å². The summed E-state index contributed by atoms with van der Waals surface area (Å²) in [5.74, 6) is -4.27. The Hall–Kier alpha value is -3.42. The topological polar surface area (TPSA) is 80.8 Å². The molecular formula is C28H20BrNO5. The number of likely N-dealkylation sites (tertiary alicyclic amines) is 1. The van der Waals surface area contributed by atoms with Gasteiger partial charge in [-0.25, -0.2) is 0 Å². The van der Waals surface area contributed by atoms with Gasteiger partial charge in [-0.2, -0.15) is 0 Å². The average molecular weight is 530 g/mol. The Morgan fingerprint density at radius 3 is 2.03 bits per heavy atom. The van der Waals surface area contributed by atoms with E-state index in [2.05, 4.69) is 15.9 Å². The van der Waals surface area contributed by atoms with Crippen molar-refractivity contribution in [3.05, 3.63) is 105 Å².